The summed E-state index contributed by atoms with van der Waals surface area (Å²) in [6.07, 6.45) is 3.85. The van der Waals surface area contributed by atoms with Gasteiger partial charge in [0.15, 0.2) is 11.5 Å². The highest BCUT2D eigenvalue weighted by atomic mass is 16.5. The van der Waals surface area contributed by atoms with E-state index in [-0.39, 0.29) is 6.03 Å². The summed E-state index contributed by atoms with van der Waals surface area (Å²) in [6, 6.07) is 14.7. The summed E-state index contributed by atoms with van der Waals surface area (Å²) in [6.45, 7) is 3.98. The number of aryl methyl sites for hydroxylation is 1. The van der Waals surface area contributed by atoms with Gasteiger partial charge in [0.2, 0.25) is 5.75 Å². The molecule has 0 unspecified atom stereocenters. The Morgan fingerprint density at radius 2 is 1.32 bits per heavy atom. The number of amides is 2. The lowest BCUT2D eigenvalue weighted by molar-refractivity contribution is 0.262. The predicted molar refractivity (Wildman–Crippen MR) is 137 cm³/mol. The summed E-state index contributed by atoms with van der Waals surface area (Å²) in [5.74, 6) is 2.23. The molecule has 0 bridgehead atoms. The fourth-order valence-electron chi connectivity index (χ4n) is 3.48. The third-order valence-corrected chi connectivity index (χ3v) is 5.48. The van der Waals surface area contributed by atoms with Crippen LogP contribution in [0.3, 0.4) is 0 Å². The number of methoxy groups -OCH3 is 4. The second-order valence-corrected chi connectivity index (χ2v) is 7.58. The maximum absolute atomic E-state index is 12.7. The lowest BCUT2D eigenvalue weighted by Crippen LogP contribution is -2.20. The van der Waals surface area contributed by atoms with Crippen LogP contribution in [-0.4, -0.2) is 34.5 Å². The van der Waals surface area contributed by atoms with E-state index in [1.807, 2.05) is 74.5 Å². The molecule has 2 N–H and O–H groups in total. The number of hydrogen-bond acceptors (Lipinski definition) is 5. The SMILES string of the molecule is COc1ccc(/C=C\c2cc(OC)c(OC)c(OC)c2)cc1NC(=O)Nc1cccc(C)c1C. The van der Waals surface area contributed by atoms with Crippen LogP contribution in [-0.2, 0) is 0 Å². The summed E-state index contributed by atoms with van der Waals surface area (Å²) in [5.41, 5.74) is 5.18. The Kier molecular flexibility index (Phi) is 8.03. The van der Waals surface area contributed by atoms with Crippen LogP contribution in [0.5, 0.6) is 23.0 Å². The lowest BCUT2D eigenvalue weighted by Gasteiger charge is -2.14. The minimum atomic E-state index is -0.349. The zero-order valence-electron chi connectivity index (χ0n) is 20.3. The van der Waals surface area contributed by atoms with Crippen molar-refractivity contribution in [2.75, 3.05) is 39.1 Å². The Morgan fingerprint density at radius 1 is 0.706 bits per heavy atom. The van der Waals surface area contributed by atoms with Crippen LogP contribution in [0.15, 0.2) is 48.5 Å². The Hall–Kier alpha value is -4.13. The number of benzene rings is 3. The van der Waals surface area contributed by atoms with Crippen LogP contribution in [0, 0.1) is 13.8 Å². The van der Waals surface area contributed by atoms with E-state index in [9.17, 15) is 4.79 Å². The number of hydrogen-bond donors (Lipinski definition) is 2. The van der Waals surface area contributed by atoms with Gasteiger partial charge in [0.25, 0.3) is 0 Å². The maximum atomic E-state index is 12.7. The topological polar surface area (TPSA) is 78.1 Å². The molecule has 0 aromatic heterocycles. The van der Waals surface area contributed by atoms with Crippen molar-refractivity contribution in [1.82, 2.24) is 0 Å². The number of nitrogens with one attached hydrogen (secondary N) is 2. The number of rotatable bonds is 8. The van der Waals surface area contributed by atoms with Gasteiger partial charge >= 0.3 is 6.03 Å². The zero-order chi connectivity index (χ0) is 24.7. The van der Waals surface area contributed by atoms with Gasteiger partial charge in [-0.15, -0.1) is 0 Å². The summed E-state index contributed by atoms with van der Waals surface area (Å²) in [7, 11) is 6.29. The van der Waals surface area contributed by atoms with Crippen LogP contribution in [0.2, 0.25) is 0 Å². The summed E-state index contributed by atoms with van der Waals surface area (Å²) >= 11 is 0. The highest BCUT2D eigenvalue weighted by Crippen LogP contribution is 2.38. The van der Waals surface area contributed by atoms with Crippen molar-refractivity contribution in [1.29, 1.82) is 0 Å². The van der Waals surface area contributed by atoms with Crippen LogP contribution in [0.1, 0.15) is 22.3 Å². The van der Waals surface area contributed by atoms with Gasteiger partial charge in [-0.3, -0.25) is 0 Å². The molecular weight excluding hydrogens is 432 g/mol. The number of urea groups is 1. The molecule has 7 nitrogen and oxygen atoms in total. The van der Waals surface area contributed by atoms with Crippen molar-refractivity contribution < 1.29 is 23.7 Å². The molecule has 0 heterocycles. The summed E-state index contributed by atoms with van der Waals surface area (Å²) in [5, 5.41) is 5.78. The van der Waals surface area contributed by atoms with E-state index in [0.29, 0.717) is 28.7 Å². The van der Waals surface area contributed by atoms with Crippen LogP contribution >= 0.6 is 0 Å². The first-order valence-corrected chi connectivity index (χ1v) is 10.7. The van der Waals surface area contributed by atoms with E-state index >= 15 is 0 Å². The third-order valence-electron chi connectivity index (χ3n) is 5.48. The monoisotopic (exact) mass is 462 g/mol. The molecule has 3 aromatic carbocycles. The van der Waals surface area contributed by atoms with E-state index in [4.69, 9.17) is 18.9 Å². The Balaban J connectivity index is 1.83. The lowest BCUT2D eigenvalue weighted by atomic mass is 10.1. The van der Waals surface area contributed by atoms with Gasteiger partial charge in [-0.05, 0) is 66.4 Å². The fraction of sp³-hybridized carbons (Fsp3) is 0.222. The Bertz CT molecular complexity index is 1180. The Labute approximate surface area is 200 Å². The van der Waals surface area contributed by atoms with Gasteiger partial charge in [-0.2, -0.15) is 0 Å². The van der Waals surface area contributed by atoms with Crippen molar-refractivity contribution in [2.45, 2.75) is 13.8 Å². The van der Waals surface area contributed by atoms with Crippen molar-refractivity contribution in [3.05, 3.63) is 70.8 Å². The summed E-state index contributed by atoms with van der Waals surface area (Å²) in [4.78, 5) is 12.7. The summed E-state index contributed by atoms with van der Waals surface area (Å²) < 4.78 is 21.6. The molecule has 34 heavy (non-hydrogen) atoms. The van der Waals surface area contributed by atoms with Crippen LogP contribution in [0.25, 0.3) is 12.2 Å². The van der Waals surface area contributed by atoms with E-state index in [2.05, 4.69) is 10.6 Å². The number of anilines is 2. The maximum Gasteiger partial charge on any atom is 0.323 e. The van der Waals surface area contributed by atoms with Gasteiger partial charge in [0.1, 0.15) is 5.75 Å². The van der Waals surface area contributed by atoms with Crippen LogP contribution in [0.4, 0.5) is 16.2 Å². The molecule has 0 saturated carbocycles. The standard InChI is InChI=1S/C27H30N2O5/c1-17-8-7-9-21(18(17)2)28-27(30)29-22-14-19(12-13-23(22)31-3)10-11-20-15-24(32-4)26(34-6)25(16-20)33-5/h7-16H,1-6H3,(H2,28,29,30)/b11-10-. The van der Waals surface area contributed by atoms with Crippen molar-refractivity contribution in [3.8, 4) is 23.0 Å². The average Bonchev–Trinajstić information content (AvgIpc) is 2.84. The number of carbonyl (C=O) groups is 1. The highest BCUT2D eigenvalue weighted by Gasteiger charge is 2.13. The molecule has 0 aliphatic carbocycles. The van der Waals surface area contributed by atoms with E-state index in [0.717, 1.165) is 27.9 Å². The zero-order valence-corrected chi connectivity index (χ0v) is 20.3. The normalized spacial score (nSPS) is 10.6. The van der Waals surface area contributed by atoms with Crippen molar-refractivity contribution in [3.63, 3.8) is 0 Å². The minimum absolute atomic E-state index is 0.349. The fourth-order valence-corrected chi connectivity index (χ4v) is 3.48. The molecule has 2 amide bonds. The van der Waals surface area contributed by atoms with E-state index in [1.165, 1.54) is 0 Å². The molecule has 0 atom stereocenters. The van der Waals surface area contributed by atoms with Gasteiger partial charge in [-0.25, -0.2) is 4.79 Å². The third kappa shape index (κ3) is 5.61. The van der Waals surface area contributed by atoms with Gasteiger partial charge in [0.05, 0.1) is 34.1 Å². The van der Waals surface area contributed by atoms with Gasteiger partial charge in [-0.1, -0.05) is 30.4 Å². The second kappa shape index (κ2) is 11.1. The largest absolute Gasteiger partial charge is 0.495 e. The van der Waals surface area contributed by atoms with E-state index in [1.54, 1.807) is 28.4 Å². The molecule has 3 rings (SSSR count). The molecule has 3 aromatic rings. The molecular formula is C27H30N2O5. The van der Waals surface area contributed by atoms with E-state index < -0.39 is 0 Å². The first-order valence-electron chi connectivity index (χ1n) is 10.7. The highest BCUT2D eigenvalue weighted by molar-refractivity contribution is 6.01. The molecule has 7 heteroatoms. The van der Waals surface area contributed by atoms with Crippen molar-refractivity contribution >= 4 is 29.6 Å². The molecule has 178 valence electrons. The first-order chi connectivity index (χ1) is 16.4. The quantitative estimate of drug-likeness (QED) is 0.393. The average molecular weight is 463 g/mol. The molecule has 0 fully saturated rings. The minimum Gasteiger partial charge on any atom is -0.495 e. The number of carbonyl (C=O) groups excluding carboxylic acids is 1. The predicted octanol–water partition coefficient (Wildman–Crippen LogP) is 6.15. The second-order valence-electron chi connectivity index (χ2n) is 7.58. The molecule has 0 radical (unpaired) electrons. The van der Waals surface area contributed by atoms with Crippen LogP contribution < -0.4 is 29.6 Å². The first kappa shape index (κ1) is 24.5. The molecule has 0 saturated heterocycles. The van der Waals surface area contributed by atoms with Gasteiger partial charge < -0.3 is 29.6 Å². The smallest absolute Gasteiger partial charge is 0.323 e. The molecule has 0 aliphatic heterocycles. The Morgan fingerprint density at radius 3 is 1.94 bits per heavy atom. The molecule has 0 spiro atoms. The molecule has 0 aliphatic rings. The van der Waals surface area contributed by atoms with Crippen molar-refractivity contribution in [2.24, 2.45) is 0 Å². The number of ether oxygens (including phenoxy) is 4. The van der Waals surface area contributed by atoms with Gasteiger partial charge in [0, 0.05) is 5.69 Å².